The van der Waals surface area contributed by atoms with Gasteiger partial charge in [-0.15, -0.1) is 0 Å². The SMILES string of the molecule is CCNC(C)c1ccc(-c2c(C)cc(C)cc2C)cc1. The lowest BCUT2D eigenvalue weighted by Crippen LogP contribution is -2.17. The van der Waals surface area contributed by atoms with Gasteiger partial charge in [-0.05, 0) is 62.1 Å². The minimum atomic E-state index is 0.411. The zero-order chi connectivity index (χ0) is 14.7. The third kappa shape index (κ3) is 3.10. The summed E-state index contributed by atoms with van der Waals surface area (Å²) in [7, 11) is 0. The van der Waals surface area contributed by atoms with Gasteiger partial charge in [0.15, 0.2) is 0 Å². The predicted molar refractivity (Wildman–Crippen MR) is 88.2 cm³/mol. The Morgan fingerprint density at radius 1 is 0.950 bits per heavy atom. The number of rotatable bonds is 4. The van der Waals surface area contributed by atoms with E-state index < -0.39 is 0 Å². The zero-order valence-electron chi connectivity index (χ0n) is 13.2. The van der Waals surface area contributed by atoms with E-state index in [1.807, 2.05) is 0 Å². The van der Waals surface area contributed by atoms with Gasteiger partial charge in [-0.1, -0.05) is 48.9 Å². The molecule has 1 nitrogen and oxygen atoms in total. The Bertz CT molecular complexity index is 558. The van der Waals surface area contributed by atoms with Gasteiger partial charge < -0.3 is 5.32 Å². The molecule has 2 aromatic rings. The molecule has 0 spiro atoms. The van der Waals surface area contributed by atoms with Crippen LogP contribution in [-0.4, -0.2) is 6.54 Å². The van der Waals surface area contributed by atoms with Crippen molar-refractivity contribution in [3.63, 3.8) is 0 Å². The van der Waals surface area contributed by atoms with Crippen molar-refractivity contribution >= 4 is 0 Å². The van der Waals surface area contributed by atoms with Crippen molar-refractivity contribution in [3.8, 4) is 11.1 Å². The molecule has 1 N–H and O–H groups in total. The molecule has 2 aromatic carbocycles. The molecule has 0 heterocycles. The molecule has 0 bridgehead atoms. The molecule has 0 saturated heterocycles. The summed E-state index contributed by atoms with van der Waals surface area (Å²) in [6.07, 6.45) is 0. The van der Waals surface area contributed by atoms with Crippen LogP contribution in [0.25, 0.3) is 11.1 Å². The third-order valence-electron chi connectivity index (χ3n) is 3.89. The van der Waals surface area contributed by atoms with Crippen molar-refractivity contribution in [1.82, 2.24) is 5.32 Å². The van der Waals surface area contributed by atoms with Crippen molar-refractivity contribution in [2.24, 2.45) is 0 Å². The van der Waals surface area contributed by atoms with Crippen LogP contribution in [0, 0.1) is 20.8 Å². The van der Waals surface area contributed by atoms with Gasteiger partial charge in [0.05, 0.1) is 0 Å². The molecule has 1 unspecified atom stereocenters. The Hall–Kier alpha value is -1.60. The molecule has 106 valence electrons. The maximum absolute atomic E-state index is 3.45. The Morgan fingerprint density at radius 2 is 1.50 bits per heavy atom. The van der Waals surface area contributed by atoms with Gasteiger partial charge in [0, 0.05) is 6.04 Å². The van der Waals surface area contributed by atoms with E-state index in [1.165, 1.54) is 33.4 Å². The van der Waals surface area contributed by atoms with E-state index in [4.69, 9.17) is 0 Å². The molecule has 0 aliphatic heterocycles. The van der Waals surface area contributed by atoms with Gasteiger partial charge in [-0.3, -0.25) is 0 Å². The fraction of sp³-hybridized carbons (Fsp3) is 0.368. The van der Waals surface area contributed by atoms with Gasteiger partial charge in [-0.2, -0.15) is 0 Å². The van der Waals surface area contributed by atoms with E-state index in [0.29, 0.717) is 6.04 Å². The summed E-state index contributed by atoms with van der Waals surface area (Å²) in [5.41, 5.74) is 8.08. The van der Waals surface area contributed by atoms with Crippen molar-refractivity contribution in [2.75, 3.05) is 6.54 Å². The van der Waals surface area contributed by atoms with Crippen LogP contribution in [0.15, 0.2) is 36.4 Å². The molecule has 1 heteroatoms. The smallest absolute Gasteiger partial charge is 0.0291 e. The highest BCUT2D eigenvalue weighted by Crippen LogP contribution is 2.29. The van der Waals surface area contributed by atoms with E-state index in [0.717, 1.165) is 6.54 Å². The molecule has 0 saturated carbocycles. The van der Waals surface area contributed by atoms with E-state index in [1.54, 1.807) is 0 Å². The van der Waals surface area contributed by atoms with Crippen molar-refractivity contribution < 1.29 is 0 Å². The minimum Gasteiger partial charge on any atom is -0.310 e. The van der Waals surface area contributed by atoms with E-state index >= 15 is 0 Å². The lowest BCUT2D eigenvalue weighted by atomic mass is 9.93. The number of nitrogens with one attached hydrogen (secondary N) is 1. The van der Waals surface area contributed by atoms with Crippen LogP contribution in [-0.2, 0) is 0 Å². The Morgan fingerprint density at radius 3 is 2.00 bits per heavy atom. The molecule has 0 aliphatic carbocycles. The van der Waals surface area contributed by atoms with E-state index in [-0.39, 0.29) is 0 Å². The van der Waals surface area contributed by atoms with Crippen LogP contribution in [0.2, 0.25) is 0 Å². The molecule has 0 amide bonds. The van der Waals surface area contributed by atoms with Crippen molar-refractivity contribution in [3.05, 3.63) is 58.7 Å². The van der Waals surface area contributed by atoms with Crippen molar-refractivity contribution in [1.29, 1.82) is 0 Å². The third-order valence-corrected chi connectivity index (χ3v) is 3.89. The standard InChI is InChI=1S/C19H25N/c1-6-20-16(5)17-7-9-18(10-8-17)19-14(3)11-13(2)12-15(19)4/h7-12,16,20H,6H2,1-5H3. The van der Waals surface area contributed by atoms with E-state index in [9.17, 15) is 0 Å². The molecule has 0 fully saturated rings. The highest BCUT2D eigenvalue weighted by molar-refractivity contribution is 5.71. The topological polar surface area (TPSA) is 12.0 Å². The summed E-state index contributed by atoms with van der Waals surface area (Å²) in [4.78, 5) is 0. The molecular formula is C19H25N. The molecule has 20 heavy (non-hydrogen) atoms. The molecule has 1 atom stereocenters. The molecular weight excluding hydrogens is 242 g/mol. The van der Waals surface area contributed by atoms with Crippen LogP contribution >= 0.6 is 0 Å². The first-order valence-electron chi connectivity index (χ1n) is 7.44. The molecule has 0 aromatic heterocycles. The highest BCUT2D eigenvalue weighted by atomic mass is 14.9. The zero-order valence-corrected chi connectivity index (χ0v) is 13.2. The van der Waals surface area contributed by atoms with E-state index in [2.05, 4.69) is 76.3 Å². The molecule has 0 radical (unpaired) electrons. The largest absolute Gasteiger partial charge is 0.310 e. The van der Waals surface area contributed by atoms with Gasteiger partial charge in [-0.25, -0.2) is 0 Å². The first-order valence-corrected chi connectivity index (χ1v) is 7.44. The number of hydrogen-bond donors (Lipinski definition) is 1. The Balaban J connectivity index is 2.35. The second-order valence-corrected chi connectivity index (χ2v) is 5.68. The number of aryl methyl sites for hydroxylation is 3. The summed E-state index contributed by atoms with van der Waals surface area (Å²) < 4.78 is 0. The van der Waals surface area contributed by atoms with Crippen molar-refractivity contribution in [2.45, 2.75) is 40.7 Å². The first kappa shape index (κ1) is 14.8. The van der Waals surface area contributed by atoms with Crippen LogP contribution in [0.5, 0.6) is 0 Å². The fourth-order valence-electron chi connectivity index (χ4n) is 3.00. The lowest BCUT2D eigenvalue weighted by Gasteiger charge is -2.15. The van der Waals surface area contributed by atoms with Gasteiger partial charge >= 0.3 is 0 Å². The monoisotopic (exact) mass is 267 g/mol. The fourth-order valence-corrected chi connectivity index (χ4v) is 3.00. The summed E-state index contributed by atoms with van der Waals surface area (Å²) in [6, 6.07) is 13.9. The summed E-state index contributed by atoms with van der Waals surface area (Å²) in [5, 5.41) is 3.45. The minimum absolute atomic E-state index is 0.411. The van der Waals surface area contributed by atoms with Gasteiger partial charge in [0.25, 0.3) is 0 Å². The summed E-state index contributed by atoms with van der Waals surface area (Å²) >= 11 is 0. The highest BCUT2D eigenvalue weighted by Gasteiger charge is 2.08. The normalized spacial score (nSPS) is 12.4. The van der Waals surface area contributed by atoms with Gasteiger partial charge in [0.1, 0.15) is 0 Å². The average molecular weight is 267 g/mol. The van der Waals surface area contributed by atoms with Crippen LogP contribution < -0.4 is 5.32 Å². The lowest BCUT2D eigenvalue weighted by molar-refractivity contribution is 0.598. The second-order valence-electron chi connectivity index (χ2n) is 5.68. The second kappa shape index (κ2) is 6.23. The maximum atomic E-state index is 3.45. The number of hydrogen-bond acceptors (Lipinski definition) is 1. The summed E-state index contributed by atoms with van der Waals surface area (Å²) in [5.74, 6) is 0. The average Bonchev–Trinajstić information content (AvgIpc) is 2.38. The molecule has 2 rings (SSSR count). The van der Waals surface area contributed by atoms with Crippen LogP contribution in [0.3, 0.4) is 0 Å². The Labute approximate surface area is 123 Å². The Kier molecular flexibility index (Phi) is 4.61. The predicted octanol–water partition coefficient (Wildman–Crippen LogP) is 4.95. The number of benzene rings is 2. The van der Waals surface area contributed by atoms with Gasteiger partial charge in [0.2, 0.25) is 0 Å². The van der Waals surface area contributed by atoms with Crippen LogP contribution in [0.1, 0.15) is 42.1 Å². The maximum Gasteiger partial charge on any atom is 0.0291 e. The summed E-state index contributed by atoms with van der Waals surface area (Å²) in [6.45, 7) is 11.9. The van der Waals surface area contributed by atoms with Crippen LogP contribution in [0.4, 0.5) is 0 Å². The molecule has 0 aliphatic rings. The first-order chi connectivity index (χ1) is 9.52. The quantitative estimate of drug-likeness (QED) is 0.826.